The average Bonchev–Trinajstić information content (AvgIpc) is 2.94. The Kier molecular flexibility index (Phi) is 7.83. The zero-order valence-corrected chi connectivity index (χ0v) is 21.7. The molecule has 0 radical (unpaired) electrons. The van der Waals surface area contributed by atoms with Crippen LogP contribution in [0.3, 0.4) is 0 Å². The van der Waals surface area contributed by atoms with Crippen molar-refractivity contribution >= 4 is 43.5 Å². The van der Waals surface area contributed by atoms with Crippen molar-refractivity contribution in [2.45, 2.75) is 30.6 Å². The Morgan fingerprint density at radius 1 is 0.784 bits per heavy atom. The smallest absolute Gasteiger partial charge is 0.241 e. The van der Waals surface area contributed by atoms with Gasteiger partial charge in [-0.25, -0.2) is 18.1 Å². The highest BCUT2D eigenvalue weighted by Crippen LogP contribution is 2.30. The maximum Gasteiger partial charge on any atom is 0.241 e. The van der Waals surface area contributed by atoms with Crippen molar-refractivity contribution in [3.8, 4) is 0 Å². The van der Waals surface area contributed by atoms with Crippen molar-refractivity contribution in [2.75, 3.05) is 36.8 Å². The molecule has 8 nitrogen and oxygen atoms in total. The van der Waals surface area contributed by atoms with E-state index in [9.17, 15) is 8.42 Å². The van der Waals surface area contributed by atoms with E-state index in [1.54, 1.807) is 12.1 Å². The topological polar surface area (TPSA) is 122 Å². The molecule has 4 aromatic rings. The normalized spacial score (nSPS) is 18.2. The second kappa shape index (κ2) is 11.4. The standard InChI is InChI=1S/C28H34N6O2S/c29-16-17-30-27-24-9-3-4-10-25(24)33-28(34-27)31-18-20-12-14-21(15-13-20)19-32-37(35,36)26-11-5-7-22-6-1-2-8-23(22)26/h1-11,20-21,32H,12-19,29H2,(H2,30,31,33,34). The summed E-state index contributed by atoms with van der Waals surface area (Å²) in [5.41, 5.74) is 6.55. The molecule has 0 unspecified atom stereocenters. The maximum atomic E-state index is 13.1. The van der Waals surface area contributed by atoms with E-state index in [4.69, 9.17) is 5.73 Å². The van der Waals surface area contributed by atoms with Crippen LogP contribution in [0, 0.1) is 11.8 Å². The van der Waals surface area contributed by atoms with E-state index < -0.39 is 10.0 Å². The van der Waals surface area contributed by atoms with Gasteiger partial charge in [-0.2, -0.15) is 4.98 Å². The highest BCUT2D eigenvalue weighted by Gasteiger charge is 2.24. The lowest BCUT2D eigenvalue weighted by molar-refractivity contribution is 0.284. The number of para-hydroxylation sites is 1. The summed E-state index contributed by atoms with van der Waals surface area (Å²) in [7, 11) is -3.57. The molecule has 1 fully saturated rings. The second-order valence-corrected chi connectivity index (χ2v) is 11.5. The van der Waals surface area contributed by atoms with Crippen LogP contribution in [-0.2, 0) is 10.0 Å². The van der Waals surface area contributed by atoms with Crippen LogP contribution in [0.5, 0.6) is 0 Å². The van der Waals surface area contributed by atoms with Crippen LogP contribution in [0.15, 0.2) is 71.6 Å². The van der Waals surface area contributed by atoms with Gasteiger partial charge in [0.05, 0.1) is 10.4 Å². The number of nitrogens with one attached hydrogen (secondary N) is 3. The SMILES string of the molecule is NCCNc1nc(NCC2CCC(CNS(=O)(=O)c3cccc4ccccc34)CC2)nc2ccccc12. The predicted octanol–water partition coefficient (Wildman–Crippen LogP) is 4.35. The lowest BCUT2D eigenvalue weighted by Crippen LogP contribution is -2.32. The third-order valence-electron chi connectivity index (χ3n) is 7.16. The molecular formula is C28H34N6O2S. The summed E-state index contributed by atoms with van der Waals surface area (Å²) in [5, 5.41) is 9.39. The van der Waals surface area contributed by atoms with Crippen LogP contribution in [0.2, 0.25) is 0 Å². The molecule has 0 spiro atoms. The third-order valence-corrected chi connectivity index (χ3v) is 8.64. The summed E-state index contributed by atoms with van der Waals surface area (Å²) in [6, 6.07) is 20.9. The molecule has 1 saturated carbocycles. The highest BCUT2D eigenvalue weighted by molar-refractivity contribution is 7.89. The van der Waals surface area contributed by atoms with Gasteiger partial charge in [-0.05, 0) is 61.1 Å². The first-order valence-electron chi connectivity index (χ1n) is 13.0. The minimum absolute atomic E-state index is 0.338. The number of aromatic nitrogens is 2. The van der Waals surface area contributed by atoms with E-state index in [0.717, 1.165) is 59.7 Å². The number of fused-ring (bicyclic) bond motifs is 2. The van der Waals surface area contributed by atoms with Crippen LogP contribution in [0.1, 0.15) is 25.7 Å². The molecule has 3 aromatic carbocycles. The highest BCUT2D eigenvalue weighted by atomic mass is 32.2. The summed E-state index contributed by atoms with van der Waals surface area (Å²) < 4.78 is 29.0. The molecule has 1 aromatic heterocycles. The minimum atomic E-state index is -3.57. The summed E-state index contributed by atoms with van der Waals surface area (Å²) >= 11 is 0. The molecule has 0 atom stereocenters. The number of nitrogens with zero attached hydrogens (tertiary/aromatic N) is 2. The fourth-order valence-electron chi connectivity index (χ4n) is 5.09. The molecule has 1 aliphatic rings. The number of nitrogens with two attached hydrogens (primary N) is 1. The lowest BCUT2D eigenvalue weighted by Gasteiger charge is -2.28. The quantitative estimate of drug-likeness (QED) is 0.246. The van der Waals surface area contributed by atoms with Crippen molar-refractivity contribution in [1.29, 1.82) is 0 Å². The number of hydrogen-bond acceptors (Lipinski definition) is 7. The van der Waals surface area contributed by atoms with Crippen molar-refractivity contribution < 1.29 is 8.42 Å². The van der Waals surface area contributed by atoms with Crippen LogP contribution in [-0.4, -0.2) is 44.6 Å². The molecule has 0 amide bonds. The monoisotopic (exact) mass is 518 g/mol. The van der Waals surface area contributed by atoms with Gasteiger partial charge < -0.3 is 16.4 Å². The molecule has 1 heterocycles. The molecule has 9 heteroatoms. The van der Waals surface area contributed by atoms with Crippen molar-refractivity contribution in [2.24, 2.45) is 17.6 Å². The molecule has 5 N–H and O–H groups in total. The van der Waals surface area contributed by atoms with E-state index in [1.807, 2.05) is 54.6 Å². The molecule has 0 bridgehead atoms. The van der Waals surface area contributed by atoms with Gasteiger partial charge in [0.25, 0.3) is 0 Å². The number of anilines is 2. The Hall–Kier alpha value is -3.27. The molecule has 1 aliphatic carbocycles. The molecule has 194 valence electrons. The van der Waals surface area contributed by atoms with Gasteiger partial charge in [-0.1, -0.05) is 48.5 Å². The van der Waals surface area contributed by atoms with E-state index in [0.29, 0.717) is 42.3 Å². The number of rotatable bonds is 10. The van der Waals surface area contributed by atoms with Gasteiger partial charge >= 0.3 is 0 Å². The number of sulfonamides is 1. The average molecular weight is 519 g/mol. The number of benzene rings is 3. The summed E-state index contributed by atoms with van der Waals surface area (Å²) in [6.07, 6.45) is 4.07. The Labute approximate surface area is 218 Å². The first-order chi connectivity index (χ1) is 18.0. The second-order valence-electron chi connectivity index (χ2n) is 9.73. The molecule has 0 aliphatic heterocycles. The van der Waals surface area contributed by atoms with Gasteiger partial charge in [-0.3, -0.25) is 0 Å². The van der Waals surface area contributed by atoms with Crippen LogP contribution >= 0.6 is 0 Å². The van der Waals surface area contributed by atoms with Crippen molar-refractivity contribution in [1.82, 2.24) is 14.7 Å². The van der Waals surface area contributed by atoms with E-state index in [2.05, 4.69) is 25.3 Å². The number of hydrogen-bond donors (Lipinski definition) is 4. The van der Waals surface area contributed by atoms with E-state index in [1.165, 1.54) is 0 Å². The lowest BCUT2D eigenvalue weighted by atomic mass is 9.82. The largest absolute Gasteiger partial charge is 0.368 e. The Bertz CT molecular complexity index is 1460. The minimum Gasteiger partial charge on any atom is -0.368 e. The van der Waals surface area contributed by atoms with Gasteiger partial charge in [0.2, 0.25) is 16.0 Å². The van der Waals surface area contributed by atoms with Crippen LogP contribution < -0.4 is 21.1 Å². The first-order valence-corrected chi connectivity index (χ1v) is 14.4. The molecular weight excluding hydrogens is 484 g/mol. The Morgan fingerprint density at radius 2 is 1.46 bits per heavy atom. The zero-order valence-electron chi connectivity index (χ0n) is 20.9. The molecule has 5 rings (SSSR count). The van der Waals surface area contributed by atoms with Gasteiger partial charge in [-0.15, -0.1) is 0 Å². The third kappa shape index (κ3) is 6.01. The summed E-state index contributed by atoms with van der Waals surface area (Å²) in [4.78, 5) is 9.71. The van der Waals surface area contributed by atoms with E-state index in [-0.39, 0.29) is 0 Å². The first kappa shape index (κ1) is 25.4. The maximum absolute atomic E-state index is 13.1. The Balaban J connectivity index is 1.14. The summed E-state index contributed by atoms with van der Waals surface area (Å²) in [6.45, 7) is 2.44. The van der Waals surface area contributed by atoms with Crippen LogP contribution in [0.4, 0.5) is 11.8 Å². The fourth-order valence-corrected chi connectivity index (χ4v) is 6.44. The predicted molar refractivity (Wildman–Crippen MR) is 150 cm³/mol. The van der Waals surface area contributed by atoms with Gasteiger partial charge in [0.1, 0.15) is 5.82 Å². The van der Waals surface area contributed by atoms with Crippen molar-refractivity contribution in [3.05, 3.63) is 66.7 Å². The van der Waals surface area contributed by atoms with Gasteiger partial charge in [0, 0.05) is 37.0 Å². The fraction of sp³-hybridized carbons (Fsp3) is 0.357. The molecule has 37 heavy (non-hydrogen) atoms. The van der Waals surface area contributed by atoms with Crippen LogP contribution in [0.25, 0.3) is 21.7 Å². The Morgan fingerprint density at radius 3 is 2.24 bits per heavy atom. The molecule has 0 saturated heterocycles. The van der Waals surface area contributed by atoms with Crippen molar-refractivity contribution in [3.63, 3.8) is 0 Å². The van der Waals surface area contributed by atoms with Gasteiger partial charge in [0.15, 0.2) is 0 Å². The summed E-state index contributed by atoms with van der Waals surface area (Å²) in [5.74, 6) is 2.25. The zero-order chi connectivity index (χ0) is 25.7. The van der Waals surface area contributed by atoms with E-state index >= 15 is 0 Å².